The highest BCUT2D eigenvalue weighted by Crippen LogP contribution is 2.38. The molecule has 0 saturated heterocycles. The molecule has 0 fully saturated rings. The Morgan fingerprint density at radius 1 is 1.30 bits per heavy atom. The second kappa shape index (κ2) is 6.12. The number of ketones is 1. The number of hydrogen-bond acceptors (Lipinski definition) is 5. The summed E-state index contributed by atoms with van der Waals surface area (Å²) in [5.74, 6) is 0.458. The quantitative estimate of drug-likeness (QED) is 0.934. The highest BCUT2D eigenvalue weighted by atomic mass is 32.1. The average Bonchev–Trinajstić information content (AvgIpc) is 2.87. The van der Waals surface area contributed by atoms with Crippen molar-refractivity contribution in [3.63, 3.8) is 0 Å². The van der Waals surface area contributed by atoms with Crippen LogP contribution in [0.4, 0.5) is 5.13 Å². The lowest BCUT2D eigenvalue weighted by atomic mass is 9.78. The number of para-hydroxylation sites is 1. The van der Waals surface area contributed by atoms with E-state index in [4.69, 9.17) is 4.74 Å². The van der Waals surface area contributed by atoms with Crippen molar-refractivity contribution in [1.82, 2.24) is 4.98 Å². The van der Waals surface area contributed by atoms with E-state index >= 15 is 0 Å². The van der Waals surface area contributed by atoms with E-state index < -0.39 is 0 Å². The molecule has 0 radical (unpaired) electrons. The van der Waals surface area contributed by atoms with E-state index in [-0.39, 0.29) is 23.7 Å². The van der Waals surface area contributed by atoms with Crippen LogP contribution in [-0.2, 0) is 11.2 Å². The minimum Gasteiger partial charge on any atom is -0.484 e. The molecule has 0 spiro atoms. The maximum Gasteiger partial charge on any atom is 0.264 e. The van der Waals surface area contributed by atoms with Crippen molar-refractivity contribution in [3.8, 4) is 5.75 Å². The Bertz CT molecular complexity index is 738. The van der Waals surface area contributed by atoms with Gasteiger partial charge in [0.05, 0.1) is 10.6 Å². The molecule has 3 rings (SSSR count). The molecule has 0 unspecified atom stereocenters. The lowest BCUT2D eigenvalue weighted by Crippen LogP contribution is -2.26. The fourth-order valence-corrected chi connectivity index (χ4v) is 3.53. The normalized spacial score (nSPS) is 15.8. The summed E-state index contributed by atoms with van der Waals surface area (Å²) in [6.45, 7) is 4.02. The van der Waals surface area contributed by atoms with Crippen LogP contribution in [0.1, 0.15) is 35.6 Å². The maximum atomic E-state index is 12.1. The van der Waals surface area contributed by atoms with Crippen molar-refractivity contribution in [2.24, 2.45) is 5.41 Å². The van der Waals surface area contributed by atoms with Crippen LogP contribution in [-0.4, -0.2) is 23.3 Å². The zero-order valence-corrected chi connectivity index (χ0v) is 13.9. The summed E-state index contributed by atoms with van der Waals surface area (Å²) in [5.41, 5.74) is 0.714. The largest absolute Gasteiger partial charge is 0.484 e. The number of carbonyl (C=O) groups is 2. The Kier molecular flexibility index (Phi) is 4.17. The van der Waals surface area contributed by atoms with Crippen molar-refractivity contribution in [2.45, 2.75) is 26.7 Å². The Morgan fingerprint density at radius 2 is 2.04 bits per heavy atom. The summed E-state index contributed by atoms with van der Waals surface area (Å²) < 4.78 is 5.39. The number of Topliss-reactive ketones (excluding diaryl/α,β-unsaturated/α-hetero) is 1. The maximum absolute atomic E-state index is 12.1. The third-order valence-electron chi connectivity index (χ3n) is 3.60. The van der Waals surface area contributed by atoms with Crippen LogP contribution in [0.25, 0.3) is 0 Å². The predicted octanol–water partition coefficient (Wildman–Crippen LogP) is 3.32. The first kappa shape index (κ1) is 15.7. The van der Waals surface area contributed by atoms with Gasteiger partial charge in [0.25, 0.3) is 5.91 Å². The van der Waals surface area contributed by atoms with E-state index in [0.29, 0.717) is 22.2 Å². The van der Waals surface area contributed by atoms with E-state index in [1.165, 1.54) is 11.3 Å². The van der Waals surface area contributed by atoms with Crippen LogP contribution in [0.3, 0.4) is 0 Å². The number of thiazole rings is 1. The lowest BCUT2D eigenvalue weighted by Gasteiger charge is -2.26. The molecule has 0 saturated carbocycles. The van der Waals surface area contributed by atoms with Gasteiger partial charge in [-0.25, -0.2) is 4.98 Å². The predicted molar refractivity (Wildman–Crippen MR) is 89.1 cm³/mol. The first-order chi connectivity index (χ1) is 10.9. The Labute approximate surface area is 138 Å². The molecule has 1 amide bonds. The van der Waals surface area contributed by atoms with Crippen LogP contribution in [0.15, 0.2) is 30.3 Å². The molecule has 1 heterocycles. The van der Waals surface area contributed by atoms with Gasteiger partial charge in [-0.1, -0.05) is 43.4 Å². The minimum absolute atomic E-state index is 0.0736. The molecule has 120 valence electrons. The SMILES string of the molecule is CC1(C)CC(=O)c2sc(NC(=O)COc3ccccc3)nc2C1. The van der Waals surface area contributed by atoms with Crippen molar-refractivity contribution >= 4 is 28.2 Å². The zero-order chi connectivity index (χ0) is 16.4. The van der Waals surface area contributed by atoms with E-state index in [1.54, 1.807) is 12.1 Å². The van der Waals surface area contributed by atoms with E-state index in [9.17, 15) is 9.59 Å². The molecule has 0 aliphatic heterocycles. The van der Waals surface area contributed by atoms with Crippen molar-refractivity contribution in [1.29, 1.82) is 0 Å². The van der Waals surface area contributed by atoms with Gasteiger partial charge >= 0.3 is 0 Å². The molecular weight excluding hydrogens is 312 g/mol. The van der Waals surface area contributed by atoms with E-state index in [1.807, 2.05) is 18.2 Å². The monoisotopic (exact) mass is 330 g/mol. The zero-order valence-electron chi connectivity index (χ0n) is 13.1. The molecule has 1 aliphatic rings. The topological polar surface area (TPSA) is 68.3 Å². The van der Waals surface area contributed by atoms with Crippen molar-refractivity contribution < 1.29 is 14.3 Å². The molecule has 0 atom stereocenters. The summed E-state index contributed by atoms with van der Waals surface area (Å²) >= 11 is 1.25. The van der Waals surface area contributed by atoms with Gasteiger partial charge in [0.15, 0.2) is 17.5 Å². The van der Waals surface area contributed by atoms with E-state index in [0.717, 1.165) is 12.1 Å². The molecule has 1 aliphatic carbocycles. The fraction of sp³-hybridized carbons (Fsp3) is 0.353. The van der Waals surface area contributed by atoms with Crippen LogP contribution in [0.5, 0.6) is 5.75 Å². The first-order valence-corrected chi connectivity index (χ1v) is 8.25. The second-order valence-corrected chi connectivity index (χ2v) is 7.38. The summed E-state index contributed by atoms with van der Waals surface area (Å²) in [7, 11) is 0. The molecular formula is C17H18N2O3S. The lowest BCUT2D eigenvalue weighted by molar-refractivity contribution is -0.118. The van der Waals surface area contributed by atoms with Crippen LogP contribution >= 0.6 is 11.3 Å². The second-order valence-electron chi connectivity index (χ2n) is 6.39. The third-order valence-corrected chi connectivity index (χ3v) is 4.65. The number of amides is 1. The van der Waals surface area contributed by atoms with Gasteiger partial charge in [0.2, 0.25) is 0 Å². The van der Waals surface area contributed by atoms with E-state index in [2.05, 4.69) is 24.1 Å². The average molecular weight is 330 g/mol. The number of rotatable bonds is 4. The van der Waals surface area contributed by atoms with Gasteiger partial charge in [-0.15, -0.1) is 0 Å². The number of aromatic nitrogens is 1. The number of hydrogen-bond donors (Lipinski definition) is 1. The molecule has 1 aromatic heterocycles. The van der Waals surface area contributed by atoms with Gasteiger partial charge in [-0.05, 0) is 24.0 Å². The van der Waals surface area contributed by atoms with Gasteiger partial charge < -0.3 is 4.74 Å². The number of fused-ring (bicyclic) bond motifs is 1. The molecule has 1 N–H and O–H groups in total. The Hall–Kier alpha value is -2.21. The summed E-state index contributed by atoms with van der Waals surface area (Å²) in [6, 6.07) is 9.14. The van der Waals surface area contributed by atoms with Crippen LogP contribution in [0.2, 0.25) is 0 Å². The number of nitrogens with zero attached hydrogens (tertiary/aromatic N) is 1. The van der Waals surface area contributed by atoms with Crippen molar-refractivity contribution in [2.75, 3.05) is 11.9 Å². The number of ether oxygens (including phenoxy) is 1. The molecule has 6 heteroatoms. The number of nitrogens with one attached hydrogen (secondary N) is 1. The van der Waals surface area contributed by atoms with Crippen LogP contribution < -0.4 is 10.1 Å². The smallest absolute Gasteiger partial charge is 0.264 e. The summed E-state index contributed by atoms with van der Waals surface area (Å²) in [5, 5.41) is 3.17. The number of carbonyl (C=O) groups excluding carboxylic acids is 2. The highest BCUT2D eigenvalue weighted by molar-refractivity contribution is 7.17. The fourth-order valence-electron chi connectivity index (χ4n) is 2.59. The molecule has 0 bridgehead atoms. The number of anilines is 1. The Balaban J connectivity index is 1.63. The standard InChI is InChI=1S/C17H18N2O3S/c1-17(2)8-12-15(13(20)9-17)23-16(18-12)19-14(21)10-22-11-6-4-3-5-7-11/h3-7H,8-10H2,1-2H3,(H,18,19,21). The molecule has 2 aromatic rings. The molecule has 5 nitrogen and oxygen atoms in total. The Morgan fingerprint density at radius 3 is 2.78 bits per heavy atom. The number of benzene rings is 1. The van der Waals surface area contributed by atoms with Gasteiger partial charge in [0, 0.05) is 6.42 Å². The van der Waals surface area contributed by atoms with Gasteiger partial charge in [-0.2, -0.15) is 0 Å². The van der Waals surface area contributed by atoms with Gasteiger partial charge in [0.1, 0.15) is 5.75 Å². The summed E-state index contributed by atoms with van der Waals surface area (Å²) in [4.78, 5) is 29.2. The summed E-state index contributed by atoms with van der Waals surface area (Å²) in [6.07, 6.45) is 1.27. The molecule has 23 heavy (non-hydrogen) atoms. The first-order valence-electron chi connectivity index (χ1n) is 7.43. The van der Waals surface area contributed by atoms with Gasteiger partial charge in [-0.3, -0.25) is 14.9 Å². The highest BCUT2D eigenvalue weighted by Gasteiger charge is 2.34. The minimum atomic E-state index is -0.286. The van der Waals surface area contributed by atoms with Crippen LogP contribution in [0, 0.1) is 5.41 Å². The molecule has 1 aromatic carbocycles. The third kappa shape index (κ3) is 3.76. The van der Waals surface area contributed by atoms with Crippen molar-refractivity contribution in [3.05, 3.63) is 40.9 Å².